The summed E-state index contributed by atoms with van der Waals surface area (Å²) in [6.07, 6.45) is 0. The molecular formula is C18H14F2N4O5. The van der Waals surface area contributed by atoms with E-state index in [0.717, 1.165) is 12.1 Å². The second kappa shape index (κ2) is 7.26. The molecular weight excluding hydrogens is 390 g/mol. The number of anilines is 1. The number of rotatable bonds is 5. The zero-order chi connectivity index (χ0) is 21.3. The highest BCUT2D eigenvalue weighted by Gasteiger charge is 2.49. The van der Waals surface area contributed by atoms with E-state index in [-0.39, 0.29) is 16.9 Å². The number of benzene rings is 2. The number of nitrogens with one attached hydrogen (secondary N) is 2. The molecule has 1 fully saturated rings. The summed E-state index contributed by atoms with van der Waals surface area (Å²) in [6.45, 7) is 0.690. The van der Waals surface area contributed by atoms with E-state index in [9.17, 15) is 33.3 Å². The molecule has 0 unspecified atom stereocenters. The third-order valence-electron chi connectivity index (χ3n) is 4.44. The van der Waals surface area contributed by atoms with Crippen LogP contribution in [0.3, 0.4) is 0 Å². The smallest absolute Gasteiger partial charge is 0.322 e. The van der Waals surface area contributed by atoms with Gasteiger partial charge in [0.25, 0.3) is 11.6 Å². The third kappa shape index (κ3) is 3.74. The van der Waals surface area contributed by atoms with E-state index < -0.39 is 46.5 Å². The maximum absolute atomic E-state index is 13.6. The molecule has 150 valence electrons. The van der Waals surface area contributed by atoms with Gasteiger partial charge in [0.2, 0.25) is 5.91 Å². The van der Waals surface area contributed by atoms with Crippen LogP contribution in [-0.2, 0) is 15.1 Å². The lowest BCUT2D eigenvalue weighted by molar-refractivity contribution is -0.384. The molecule has 0 saturated carbocycles. The lowest BCUT2D eigenvalue weighted by Gasteiger charge is -2.22. The fourth-order valence-corrected chi connectivity index (χ4v) is 2.88. The molecule has 11 heteroatoms. The fourth-order valence-electron chi connectivity index (χ4n) is 2.88. The van der Waals surface area contributed by atoms with E-state index in [2.05, 4.69) is 10.6 Å². The van der Waals surface area contributed by atoms with Crippen LogP contribution in [-0.4, -0.2) is 34.2 Å². The number of urea groups is 1. The number of carbonyl (C=O) groups excluding carboxylic acids is 3. The molecule has 0 bridgehead atoms. The van der Waals surface area contributed by atoms with Gasteiger partial charge in [0.1, 0.15) is 23.7 Å². The van der Waals surface area contributed by atoms with Crippen LogP contribution in [0.1, 0.15) is 12.5 Å². The minimum Gasteiger partial charge on any atom is -0.322 e. The predicted octanol–water partition coefficient (Wildman–Crippen LogP) is 2.28. The molecule has 3 rings (SSSR count). The molecule has 2 aromatic carbocycles. The Kier molecular flexibility index (Phi) is 4.97. The Balaban J connectivity index is 1.75. The number of nitro benzene ring substituents is 1. The van der Waals surface area contributed by atoms with Gasteiger partial charge in [0, 0.05) is 18.2 Å². The van der Waals surface area contributed by atoms with Gasteiger partial charge in [-0.25, -0.2) is 13.6 Å². The highest BCUT2D eigenvalue weighted by Crippen LogP contribution is 2.30. The summed E-state index contributed by atoms with van der Waals surface area (Å²) in [5.74, 6) is -3.46. The van der Waals surface area contributed by atoms with Gasteiger partial charge in [-0.3, -0.25) is 24.6 Å². The molecule has 1 aliphatic heterocycles. The number of non-ortho nitro benzene ring substituents is 1. The Morgan fingerprint density at radius 3 is 2.45 bits per heavy atom. The van der Waals surface area contributed by atoms with Gasteiger partial charge in [0.05, 0.1) is 10.6 Å². The lowest BCUT2D eigenvalue weighted by atomic mass is 9.92. The molecule has 0 radical (unpaired) electrons. The number of nitro groups is 1. The van der Waals surface area contributed by atoms with E-state index in [4.69, 9.17) is 0 Å². The SMILES string of the molecule is C[C@]1(c2ccc([N+](=O)[O-])cc2)NC(=O)N(CC(=O)Nc2ccc(F)cc2F)C1=O. The van der Waals surface area contributed by atoms with Gasteiger partial charge in [0.15, 0.2) is 0 Å². The first-order valence-corrected chi connectivity index (χ1v) is 8.26. The van der Waals surface area contributed by atoms with E-state index in [1.807, 2.05) is 0 Å². The van der Waals surface area contributed by atoms with E-state index in [0.29, 0.717) is 11.0 Å². The van der Waals surface area contributed by atoms with Crippen molar-refractivity contribution >= 4 is 29.2 Å². The van der Waals surface area contributed by atoms with Gasteiger partial charge < -0.3 is 10.6 Å². The molecule has 1 aliphatic rings. The van der Waals surface area contributed by atoms with Gasteiger partial charge >= 0.3 is 6.03 Å². The molecule has 0 spiro atoms. The quantitative estimate of drug-likeness (QED) is 0.450. The van der Waals surface area contributed by atoms with Crippen molar-refractivity contribution in [2.75, 3.05) is 11.9 Å². The first kappa shape index (κ1) is 19.9. The average molecular weight is 404 g/mol. The summed E-state index contributed by atoms with van der Waals surface area (Å²) in [5.41, 5.74) is -1.74. The molecule has 0 aliphatic carbocycles. The van der Waals surface area contributed by atoms with Crippen molar-refractivity contribution in [1.29, 1.82) is 0 Å². The van der Waals surface area contributed by atoms with E-state index in [1.54, 1.807) is 0 Å². The van der Waals surface area contributed by atoms with Crippen molar-refractivity contribution in [1.82, 2.24) is 10.2 Å². The van der Waals surface area contributed by atoms with Crippen molar-refractivity contribution < 1.29 is 28.1 Å². The van der Waals surface area contributed by atoms with E-state index >= 15 is 0 Å². The summed E-state index contributed by atoms with van der Waals surface area (Å²) in [4.78, 5) is 47.9. The van der Waals surface area contributed by atoms with Crippen LogP contribution in [0.2, 0.25) is 0 Å². The number of imide groups is 1. The Hall–Kier alpha value is -3.89. The van der Waals surface area contributed by atoms with Gasteiger partial charge in [-0.1, -0.05) is 0 Å². The van der Waals surface area contributed by atoms with E-state index in [1.165, 1.54) is 31.2 Å². The summed E-state index contributed by atoms with van der Waals surface area (Å²) in [7, 11) is 0. The van der Waals surface area contributed by atoms with Crippen LogP contribution < -0.4 is 10.6 Å². The first-order chi connectivity index (χ1) is 13.6. The summed E-state index contributed by atoms with van der Waals surface area (Å²) in [6, 6.07) is 6.70. The average Bonchev–Trinajstić information content (AvgIpc) is 2.88. The summed E-state index contributed by atoms with van der Waals surface area (Å²) < 4.78 is 26.6. The van der Waals surface area contributed by atoms with Crippen LogP contribution in [0.5, 0.6) is 0 Å². The Bertz CT molecular complexity index is 1030. The van der Waals surface area contributed by atoms with Crippen LogP contribution in [0.25, 0.3) is 0 Å². The first-order valence-electron chi connectivity index (χ1n) is 8.26. The fraction of sp³-hybridized carbons (Fsp3) is 0.167. The second-order valence-electron chi connectivity index (χ2n) is 6.42. The minimum atomic E-state index is -1.53. The Morgan fingerprint density at radius 2 is 1.86 bits per heavy atom. The monoisotopic (exact) mass is 404 g/mol. The van der Waals surface area contributed by atoms with Gasteiger partial charge in [-0.15, -0.1) is 0 Å². The molecule has 29 heavy (non-hydrogen) atoms. The topological polar surface area (TPSA) is 122 Å². The number of halogens is 2. The zero-order valence-corrected chi connectivity index (χ0v) is 14.9. The summed E-state index contributed by atoms with van der Waals surface area (Å²) in [5, 5.41) is 15.4. The molecule has 1 heterocycles. The van der Waals surface area contributed by atoms with Crippen molar-refractivity contribution in [3.05, 3.63) is 69.8 Å². The van der Waals surface area contributed by atoms with Gasteiger partial charge in [-0.2, -0.15) is 0 Å². The minimum absolute atomic E-state index is 0.188. The number of nitrogens with zero attached hydrogens (tertiary/aromatic N) is 2. The molecule has 2 aromatic rings. The number of carbonyl (C=O) groups is 3. The number of amides is 4. The molecule has 9 nitrogen and oxygen atoms in total. The maximum Gasteiger partial charge on any atom is 0.325 e. The molecule has 0 aromatic heterocycles. The second-order valence-corrected chi connectivity index (χ2v) is 6.42. The van der Waals surface area contributed by atoms with Crippen LogP contribution >= 0.6 is 0 Å². The lowest BCUT2D eigenvalue weighted by Crippen LogP contribution is -2.42. The van der Waals surface area contributed by atoms with Crippen LogP contribution in [0.4, 0.5) is 25.0 Å². The number of hydrogen-bond acceptors (Lipinski definition) is 5. The highest BCUT2D eigenvalue weighted by atomic mass is 19.1. The van der Waals surface area contributed by atoms with Crippen LogP contribution in [0.15, 0.2) is 42.5 Å². The largest absolute Gasteiger partial charge is 0.325 e. The molecule has 1 atom stereocenters. The van der Waals surface area contributed by atoms with Crippen molar-refractivity contribution in [3.8, 4) is 0 Å². The zero-order valence-electron chi connectivity index (χ0n) is 14.9. The third-order valence-corrected chi connectivity index (χ3v) is 4.44. The van der Waals surface area contributed by atoms with Crippen molar-refractivity contribution in [2.24, 2.45) is 0 Å². The van der Waals surface area contributed by atoms with Crippen molar-refractivity contribution in [3.63, 3.8) is 0 Å². The van der Waals surface area contributed by atoms with Crippen LogP contribution in [0, 0.1) is 21.7 Å². The Morgan fingerprint density at radius 1 is 1.21 bits per heavy atom. The molecule has 2 N–H and O–H groups in total. The molecule has 4 amide bonds. The molecule has 1 saturated heterocycles. The highest BCUT2D eigenvalue weighted by molar-refractivity contribution is 6.10. The predicted molar refractivity (Wildman–Crippen MR) is 95.7 cm³/mol. The normalized spacial score (nSPS) is 18.5. The standard InChI is InChI=1S/C18H14F2N4O5/c1-18(10-2-5-12(6-3-10)24(28)29)16(26)23(17(27)22-18)9-15(25)21-14-7-4-11(19)8-13(14)20/h2-8H,9H2,1H3,(H,21,25)(H,22,27)/t18-/m1/s1. The Labute approximate surface area is 162 Å². The number of hydrogen-bond donors (Lipinski definition) is 2. The summed E-state index contributed by atoms with van der Waals surface area (Å²) >= 11 is 0. The van der Waals surface area contributed by atoms with Crippen molar-refractivity contribution in [2.45, 2.75) is 12.5 Å². The maximum atomic E-state index is 13.6. The van der Waals surface area contributed by atoms with Gasteiger partial charge in [-0.05, 0) is 36.8 Å².